The van der Waals surface area contributed by atoms with E-state index in [0.29, 0.717) is 44.1 Å². The highest BCUT2D eigenvalue weighted by atomic mass is 79.9. The van der Waals surface area contributed by atoms with Gasteiger partial charge in [-0.3, -0.25) is 14.7 Å². The lowest BCUT2D eigenvalue weighted by Gasteiger charge is -2.18. The van der Waals surface area contributed by atoms with Crippen molar-refractivity contribution in [2.75, 3.05) is 20.3 Å². The number of aromatic nitrogens is 3. The van der Waals surface area contributed by atoms with Crippen molar-refractivity contribution in [2.45, 2.75) is 30.9 Å². The predicted molar refractivity (Wildman–Crippen MR) is 154 cm³/mol. The number of benzene rings is 3. The quantitative estimate of drug-likeness (QED) is 0.0926. The zero-order chi connectivity index (χ0) is 27.9. The molecule has 0 aliphatic rings. The van der Waals surface area contributed by atoms with Crippen LogP contribution in [0.15, 0.2) is 70.3 Å². The number of halogens is 2. The highest BCUT2D eigenvalue weighted by Gasteiger charge is 2.26. The lowest BCUT2D eigenvalue weighted by molar-refractivity contribution is -0.479. The largest absolute Gasteiger partial charge is 0.494 e. The van der Waals surface area contributed by atoms with Crippen molar-refractivity contribution in [2.24, 2.45) is 0 Å². The van der Waals surface area contributed by atoms with Crippen molar-refractivity contribution in [1.82, 2.24) is 14.8 Å². The summed E-state index contributed by atoms with van der Waals surface area (Å²) in [6, 6.07) is 18.5. The molecule has 4 rings (SSSR count). The molecule has 0 aliphatic heterocycles. The number of nitrogens with zero attached hydrogens (tertiary/aromatic N) is 4. The Kier molecular flexibility index (Phi) is 9.71. The second-order valence-electron chi connectivity index (χ2n) is 8.33. The predicted octanol–water partition coefficient (Wildman–Crippen LogP) is 7.09. The normalized spacial score (nSPS) is 11.7. The number of ether oxygens (including phenoxy) is 3. The van der Waals surface area contributed by atoms with Gasteiger partial charge in [-0.1, -0.05) is 41.6 Å². The monoisotopic (exact) mass is 632 g/mol. The summed E-state index contributed by atoms with van der Waals surface area (Å²) in [5.41, 5.74) is 2.32. The molecular formula is C27H26BrClN4O5S. The first-order chi connectivity index (χ1) is 18.8. The van der Waals surface area contributed by atoms with Gasteiger partial charge >= 0.3 is 0 Å². The summed E-state index contributed by atoms with van der Waals surface area (Å²) in [6.45, 7) is 4.21. The van der Waals surface area contributed by atoms with Gasteiger partial charge in [-0.25, -0.2) is 0 Å². The third-order valence-electron chi connectivity index (χ3n) is 5.72. The van der Waals surface area contributed by atoms with E-state index in [2.05, 4.69) is 26.1 Å². The first kappa shape index (κ1) is 28.7. The summed E-state index contributed by atoms with van der Waals surface area (Å²) < 4.78 is 19.6. The van der Waals surface area contributed by atoms with Crippen LogP contribution in [0.25, 0.3) is 5.69 Å². The Balaban J connectivity index is 1.64. The van der Waals surface area contributed by atoms with Crippen molar-refractivity contribution in [3.05, 3.63) is 97.2 Å². The van der Waals surface area contributed by atoms with Crippen LogP contribution >= 0.6 is 39.3 Å². The van der Waals surface area contributed by atoms with Gasteiger partial charge in [0.05, 0.1) is 18.2 Å². The van der Waals surface area contributed by atoms with Crippen LogP contribution in [-0.2, 0) is 6.61 Å². The van der Waals surface area contributed by atoms with Gasteiger partial charge < -0.3 is 14.2 Å². The fourth-order valence-corrected chi connectivity index (χ4v) is 5.80. The van der Waals surface area contributed by atoms with E-state index in [4.69, 9.17) is 25.8 Å². The standard InChI is InChI=1S/C27H26BrClN4O5S/c1-4-37-21-11-9-20(10-12-21)33-17(2)30-31-27(33)39-25(15-32(34)35)19-13-22(28)26(24(14-19)36-3)38-16-18-7-5-6-8-23(18)29/h5-14,25H,4,15-16H2,1-3H3/t25-/m0/s1. The number of rotatable bonds is 12. The molecule has 0 spiro atoms. The van der Waals surface area contributed by atoms with Crippen LogP contribution in [0.2, 0.25) is 5.02 Å². The fourth-order valence-electron chi connectivity index (χ4n) is 3.88. The fraction of sp³-hybridized carbons (Fsp3) is 0.259. The minimum absolute atomic E-state index is 0.228. The molecule has 0 N–H and O–H groups in total. The SMILES string of the molecule is CCOc1ccc(-n2c(C)nnc2S[C@@H](C[N+](=O)[O-])c2cc(Br)c(OCc3ccccc3Cl)c(OC)c2)cc1. The highest BCUT2D eigenvalue weighted by molar-refractivity contribution is 9.10. The number of thioether (sulfide) groups is 1. The molecule has 9 nitrogen and oxygen atoms in total. The molecule has 0 fully saturated rings. The first-order valence-corrected chi connectivity index (χ1v) is 14.0. The molecule has 0 unspecified atom stereocenters. The van der Waals surface area contributed by atoms with Gasteiger partial charge in [-0.15, -0.1) is 10.2 Å². The molecule has 1 atom stereocenters. The summed E-state index contributed by atoms with van der Waals surface area (Å²) in [6.07, 6.45) is 0. The van der Waals surface area contributed by atoms with E-state index in [0.717, 1.165) is 17.0 Å². The van der Waals surface area contributed by atoms with Crippen LogP contribution in [0.1, 0.15) is 29.1 Å². The van der Waals surface area contributed by atoms with E-state index >= 15 is 0 Å². The second-order valence-corrected chi connectivity index (χ2v) is 10.8. The summed E-state index contributed by atoms with van der Waals surface area (Å²) in [4.78, 5) is 11.3. The second kappa shape index (κ2) is 13.2. The minimum Gasteiger partial charge on any atom is -0.494 e. The maximum Gasteiger partial charge on any atom is 0.220 e. The zero-order valence-electron chi connectivity index (χ0n) is 21.5. The van der Waals surface area contributed by atoms with Gasteiger partial charge in [0.25, 0.3) is 0 Å². The Morgan fingerprint density at radius 3 is 2.54 bits per heavy atom. The lowest BCUT2D eigenvalue weighted by Crippen LogP contribution is -2.12. The number of hydrogen-bond donors (Lipinski definition) is 0. The van der Waals surface area contributed by atoms with Crippen molar-refractivity contribution in [3.8, 4) is 22.9 Å². The third-order valence-corrected chi connectivity index (χ3v) is 7.86. The third kappa shape index (κ3) is 7.03. The molecule has 39 heavy (non-hydrogen) atoms. The van der Waals surface area contributed by atoms with E-state index in [1.807, 2.05) is 60.9 Å². The molecule has 0 amide bonds. The molecule has 1 aromatic heterocycles. The maximum absolute atomic E-state index is 11.7. The van der Waals surface area contributed by atoms with E-state index in [-0.39, 0.29) is 18.1 Å². The molecule has 0 aliphatic carbocycles. The Labute approximate surface area is 243 Å². The van der Waals surface area contributed by atoms with Gasteiger partial charge in [0.1, 0.15) is 23.4 Å². The van der Waals surface area contributed by atoms with Gasteiger partial charge in [0, 0.05) is 21.2 Å². The molecule has 0 radical (unpaired) electrons. The first-order valence-electron chi connectivity index (χ1n) is 12.0. The number of aryl methyl sites for hydroxylation is 1. The Hall–Kier alpha value is -3.28. The summed E-state index contributed by atoms with van der Waals surface area (Å²) >= 11 is 11.1. The van der Waals surface area contributed by atoms with Crippen LogP contribution in [0.3, 0.4) is 0 Å². The van der Waals surface area contributed by atoms with Gasteiger partial charge in [0.15, 0.2) is 16.7 Å². The molecule has 1 heterocycles. The van der Waals surface area contributed by atoms with Crippen LogP contribution in [0.5, 0.6) is 17.2 Å². The summed E-state index contributed by atoms with van der Waals surface area (Å²) in [5.74, 6) is 2.31. The topological polar surface area (TPSA) is 102 Å². The molecule has 4 aromatic rings. The van der Waals surface area contributed by atoms with Gasteiger partial charge in [-0.2, -0.15) is 0 Å². The lowest BCUT2D eigenvalue weighted by atomic mass is 10.1. The molecule has 0 saturated heterocycles. The molecule has 0 bridgehead atoms. The summed E-state index contributed by atoms with van der Waals surface area (Å²) in [5, 5.41) is 20.8. The van der Waals surface area contributed by atoms with Gasteiger partial charge in [0.2, 0.25) is 6.54 Å². The van der Waals surface area contributed by atoms with E-state index in [1.54, 1.807) is 18.2 Å². The zero-order valence-corrected chi connectivity index (χ0v) is 24.6. The average Bonchev–Trinajstić information content (AvgIpc) is 3.28. The van der Waals surface area contributed by atoms with Crippen LogP contribution < -0.4 is 14.2 Å². The van der Waals surface area contributed by atoms with Crippen molar-refractivity contribution in [1.29, 1.82) is 0 Å². The molecule has 12 heteroatoms. The number of hydrogen-bond acceptors (Lipinski definition) is 8. The number of nitro groups is 1. The van der Waals surface area contributed by atoms with Crippen molar-refractivity contribution >= 4 is 39.3 Å². The maximum atomic E-state index is 11.7. The minimum atomic E-state index is -0.590. The van der Waals surface area contributed by atoms with Crippen molar-refractivity contribution in [3.63, 3.8) is 0 Å². The Morgan fingerprint density at radius 1 is 1.13 bits per heavy atom. The summed E-state index contributed by atoms with van der Waals surface area (Å²) in [7, 11) is 1.52. The Morgan fingerprint density at radius 2 is 1.87 bits per heavy atom. The molecular weight excluding hydrogens is 608 g/mol. The Bertz CT molecular complexity index is 1450. The van der Waals surface area contributed by atoms with Crippen molar-refractivity contribution < 1.29 is 19.1 Å². The molecule has 0 saturated carbocycles. The average molecular weight is 634 g/mol. The highest BCUT2D eigenvalue weighted by Crippen LogP contribution is 2.43. The van der Waals surface area contributed by atoms with Crippen LogP contribution in [-0.4, -0.2) is 39.9 Å². The smallest absolute Gasteiger partial charge is 0.220 e. The molecule has 3 aromatic carbocycles. The van der Waals surface area contributed by atoms with Crippen LogP contribution in [0.4, 0.5) is 0 Å². The molecule has 204 valence electrons. The van der Waals surface area contributed by atoms with E-state index in [1.165, 1.54) is 18.9 Å². The van der Waals surface area contributed by atoms with Gasteiger partial charge in [-0.05, 0) is 77.8 Å². The number of methoxy groups -OCH3 is 1. The van der Waals surface area contributed by atoms with E-state index < -0.39 is 5.25 Å². The van der Waals surface area contributed by atoms with Crippen LogP contribution in [0, 0.1) is 17.0 Å². The van der Waals surface area contributed by atoms with E-state index in [9.17, 15) is 10.1 Å².